The number of amides is 1. The molecule has 0 heterocycles. The molecule has 0 aliphatic heterocycles. The van der Waals surface area contributed by atoms with E-state index < -0.39 is 0 Å². The number of hydrogen-bond acceptors (Lipinski definition) is 2. The number of nitrogens with one attached hydrogen (secondary N) is 1. The first-order chi connectivity index (χ1) is 7.87. The third kappa shape index (κ3) is 10.3. The van der Waals surface area contributed by atoms with Gasteiger partial charge in [0.25, 0.3) is 0 Å². The van der Waals surface area contributed by atoms with Crippen molar-refractivity contribution in [3.05, 3.63) is 0 Å². The second-order valence-corrected chi connectivity index (χ2v) is 5.76. The van der Waals surface area contributed by atoms with Crippen LogP contribution in [0.5, 0.6) is 0 Å². The highest BCUT2D eigenvalue weighted by atomic mass is 16.5. The van der Waals surface area contributed by atoms with Crippen LogP contribution < -0.4 is 5.32 Å². The van der Waals surface area contributed by atoms with Gasteiger partial charge in [-0.1, -0.05) is 40.0 Å². The number of unbranched alkanes of at least 4 members (excludes halogenated alkanes) is 2. The average molecular weight is 243 g/mol. The first kappa shape index (κ1) is 16.4. The molecule has 0 aromatic rings. The van der Waals surface area contributed by atoms with E-state index in [9.17, 15) is 4.79 Å². The van der Waals surface area contributed by atoms with Gasteiger partial charge in [-0.2, -0.15) is 0 Å². The molecule has 0 aromatic carbocycles. The fraction of sp³-hybridized carbons (Fsp3) is 0.929. The number of rotatable bonds is 9. The van der Waals surface area contributed by atoms with E-state index in [2.05, 4.69) is 26.1 Å². The summed E-state index contributed by atoms with van der Waals surface area (Å²) in [5.41, 5.74) is 0.183. The molecule has 1 amide bonds. The van der Waals surface area contributed by atoms with Gasteiger partial charge in [0.2, 0.25) is 5.91 Å². The van der Waals surface area contributed by atoms with Gasteiger partial charge in [-0.15, -0.1) is 0 Å². The van der Waals surface area contributed by atoms with Gasteiger partial charge < -0.3 is 10.1 Å². The summed E-state index contributed by atoms with van der Waals surface area (Å²) in [6, 6.07) is 0. The van der Waals surface area contributed by atoms with E-state index in [1.165, 1.54) is 19.3 Å². The number of carbonyl (C=O) groups is 1. The number of ether oxygens (including phenoxy) is 1. The average Bonchev–Trinajstić information content (AvgIpc) is 2.24. The van der Waals surface area contributed by atoms with Crippen molar-refractivity contribution < 1.29 is 9.53 Å². The maximum absolute atomic E-state index is 11.5. The van der Waals surface area contributed by atoms with Gasteiger partial charge in [-0.3, -0.25) is 4.79 Å². The molecule has 0 saturated heterocycles. The van der Waals surface area contributed by atoms with Gasteiger partial charge in [0.05, 0.1) is 6.10 Å². The van der Waals surface area contributed by atoms with Crippen molar-refractivity contribution in [2.24, 2.45) is 5.41 Å². The fourth-order valence-electron chi connectivity index (χ4n) is 1.57. The van der Waals surface area contributed by atoms with Crippen molar-refractivity contribution in [1.29, 1.82) is 0 Å². The Morgan fingerprint density at radius 1 is 1.29 bits per heavy atom. The Morgan fingerprint density at radius 3 is 2.47 bits per heavy atom. The molecule has 0 saturated carbocycles. The summed E-state index contributed by atoms with van der Waals surface area (Å²) < 4.78 is 5.26. The third-order valence-electron chi connectivity index (χ3n) is 2.77. The van der Waals surface area contributed by atoms with Crippen LogP contribution in [-0.2, 0) is 9.53 Å². The summed E-state index contributed by atoms with van der Waals surface area (Å²) in [6.07, 6.45) is 5.02. The maximum Gasteiger partial charge on any atom is 0.246 e. The molecule has 0 aliphatic carbocycles. The smallest absolute Gasteiger partial charge is 0.246 e. The van der Waals surface area contributed by atoms with E-state index in [1.54, 1.807) is 0 Å². The molecule has 0 atom stereocenters. The molecule has 0 radical (unpaired) electrons. The van der Waals surface area contributed by atoms with Crippen molar-refractivity contribution in [3.63, 3.8) is 0 Å². The summed E-state index contributed by atoms with van der Waals surface area (Å²) in [5, 5.41) is 2.94. The van der Waals surface area contributed by atoms with E-state index in [0.29, 0.717) is 0 Å². The molecule has 102 valence electrons. The van der Waals surface area contributed by atoms with Gasteiger partial charge in [-0.25, -0.2) is 0 Å². The third-order valence-corrected chi connectivity index (χ3v) is 2.77. The molecule has 0 unspecified atom stereocenters. The summed E-state index contributed by atoms with van der Waals surface area (Å²) >= 11 is 0. The molecule has 3 heteroatoms. The van der Waals surface area contributed by atoms with Gasteiger partial charge >= 0.3 is 0 Å². The van der Waals surface area contributed by atoms with Crippen molar-refractivity contribution in [3.8, 4) is 0 Å². The minimum Gasteiger partial charge on any atom is -0.369 e. The summed E-state index contributed by atoms with van der Waals surface area (Å²) in [7, 11) is 0. The highest BCUT2D eigenvalue weighted by molar-refractivity contribution is 5.77. The fourth-order valence-corrected chi connectivity index (χ4v) is 1.57. The van der Waals surface area contributed by atoms with Crippen LogP contribution in [-0.4, -0.2) is 25.2 Å². The van der Waals surface area contributed by atoms with Crippen LogP contribution in [0.25, 0.3) is 0 Å². The molecule has 3 nitrogen and oxygen atoms in total. The Hall–Kier alpha value is -0.570. The van der Waals surface area contributed by atoms with Crippen LogP contribution in [0, 0.1) is 5.41 Å². The lowest BCUT2D eigenvalue weighted by Crippen LogP contribution is -2.36. The van der Waals surface area contributed by atoms with Crippen LogP contribution in [0.1, 0.15) is 60.3 Å². The Labute approximate surface area is 106 Å². The van der Waals surface area contributed by atoms with Crippen LogP contribution >= 0.6 is 0 Å². The Morgan fingerprint density at radius 2 is 1.94 bits per heavy atom. The molecule has 0 bridgehead atoms. The van der Waals surface area contributed by atoms with Crippen molar-refractivity contribution >= 4 is 5.91 Å². The lowest BCUT2D eigenvalue weighted by atomic mass is 9.87. The van der Waals surface area contributed by atoms with Crippen LogP contribution in [0.3, 0.4) is 0 Å². The van der Waals surface area contributed by atoms with Crippen molar-refractivity contribution in [2.75, 3.05) is 13.2 Å². The zero-order valence-corrected chi connectivity index (χ0v) is 12.1. The SMILES string of the molecule is CCCCCC(C)(C)CNC(=O)COC(C)C. The van der Waals surface area contributed by atoms with Gasteiger partial charge in [0.15, 0.2) is 0 Å². The standard InChI is InChI=1S/C14H29NO2/c1-6-7-8-9-14(4,5)11-15-13(16)10-17-12(2)3/h12H,6-11H2,1-5H3,(H,15,16). The first-order valence-electron chi connectivity index (χ1n) is 6.75. The van der Waals surface area contributed by atoms with E-state index in [-0.39, 0.29) is 24.0 Å². The van der Waals surface area contributed by atoms with E-state index in [0.717, 1.165) is 13.0 Å². The highest BCUT2D eigenvalue weighted by Crippen LogP contribution is 2.22. The largest absolute Gasteiger partial charge is 0.369 e. The highest BCUT2D eigenvalue weighted by Gasteiger charge is 2.18. The Balaban J connectivity index is 3.72. The Kier molecular flexibility index (Phi) is 8.23. The predicted octanol–water partition coefficient (Wildman–Crippen LogP) is 3.13. The minimum atomic E-state index is -0.0118. The van der Waals surface area contributed by atoms with Gasteiger partial charge in [0, 0.05) is 6.54 Å². The lowest BCUT2D eigenvalue weighted by Gasteiger charge is -2.25. The van der Waals surface area contributed by atoms with Crippen LogP contribution in [0.2, 0.25) is 0 Å². The first-order valence-corrected chi connectivity index (χ1v) is 6.75. The summed E-state index contributed by atoms with van der Waals surface area (Å²) in [5.74, 6) is -0.0118. The zero-order chi connectivity index (χ0) is 13.3. The van der Waals surface area contributed by atoms with Crippen LogP contribution in [0.4, 0.5) is 0 Å². The van der Waals surface area contributed by atoms with Gasteiger partial charge in [-0.05, 0) is 25.7 Å². The monoisotopic (exact) mass is 243 g/mol. The van der Waals surface area contributed by atoms with Crippen LogP contribution in [0.15, 0.2) is 0 Å². The minimum absolute atomic E-state index is 0.0118. The number of hydrogen-bond donors (Lipinski definition) is 1. The predicted molar refractivity (Wildman–Crippen MR) is 72.0 cm³/mol. The number of carbonyl (C=O) groups excluding carboxylic acids is 1. The Bertz CT molecular complexity index is 212. The molecule has 17 heavy (non-hydrogen) atoms. The molecular weight excluding hydrogens is 214 g/mol. The molecule has 0 spiro atoms. The van der Waals surface area contributed by atoms with Crippen molar-refractivity contribution in [1.82, 2.24) is 5.32 Å². The van der Waals surface area contributed by atoms with Gasteiger partial charge in [0.1, 0.15) is 6.61 Å². The maximum atomic E-state index is 11.5. The normalized spacial score (nSPS) is 11.9. The summed E-state index contributed by atoms with van der Waals surface area (Å²) in [6.45, 7) is 11.4. The lowest BCUT2D eigenvalue weighted by molar-refractivity contribution is -0.127. The topological polar surface area (TPSA) is 38.3 Å². The van der Waals surface area contributed by atoms with Crippen molar-refractivity contribution in [2.45, 2.75) is 66.4 Å². The second kappa shape index (κ2) is 8.51. The molecule has 0 aliphatic rings. The van der Waals surface area contributed by atoms with E-state index in [4.69, 9.17) is 4.74 Å². The second-order valence-electron chi connectivity index (χ2n) is 5.76. The van der Waals surface area contributed by atoms with E-state index >= 15 is 0 Å². The zero-order valence-electron chi connectivity index (χ0n) is 12.1. The quantitative estimate of drug-likeness (QED) is 0.632. The summed E-state index contributed by atoms with van der Waals surface area (Å²) in [4.78, 5) is 11.5. The van der Waals surface area contributed by atoms with E-state index in [1.807, 2.05) is 13.8 Å². The molecule has 0 rings (SSSR count). The molecule has 0 aromatic heterocycles. The molecule has 0 fully saturated rings. The molecule has 1 N–H and O–H groups in total. The molecular formula is C14H29NO2.